The van der Waals surface area contributed by atoms with E-state index in [9.17, 15) is 0 Å². The molecule has 0 saturated carbocycles. The van der Waals surface area contributed by atoms with E-state index in [-0.39, 0.29) is 0 Å². The standard InChI is InChI=1S/C34H22N2/c1-3-11-23(12-4-1)25-19-20-30-28-17-8-7-15-26(28)27-16-9-10-18-29(27)32(30)33(25)34-35-22-21-31(36-34)24-13-5-2-6-14-24/h1-22H. The molecule has 0 bridgehead atoms. The van der Waals surface area contributed by atoms with Crippen molar-refractivity contribution in [2.45, 2.75) is 0 Å². The summed E-state index contributed by atoms with van der Waals surface area (Å²) in [5.74, 6) is 0.737. The highest BCUT2D eigenvalue weighted by molar-refractivity contribution is 6.29. The van der Waals surface area contributed by atoms with Crippen molar-refractivity contribution >= 4 is 32.3 Å². The number of nitrogens with zero attached hydrogens (tertiary/aromatic N) is 2. The molecule has 0 saturated heterocycles. The number of hydrogen-bond acceptors (Lipinski definition) is 2. The lowest BCUT2D eigenvalue weighted by molar-refractivity contribution is 1.18. The molecule has 1 aromatic heterocycles. The topological polar surface area (TPSA) is 25.8 Å². The third-order valence-electron chi connectivity index (χ3n) is 6.94. The van der Waals surface area contributed by atoms with Crippen LogP contribution in [0.1, 0.15) is 0 Å². The second-order valence-corrected chi connectivity index (χ2v) is 9.00. The second kappa shape index (κ2) is 8.44. The van der Waals surface area contributed by atoms with Crippen LogP contribution >= 0.6 is 0 Å². The van der Waals surface area contributed by atoms with Gasteiger partial charge in [0.15, 0.2) is 5.82 Å². The van der Waals surface area contributed by atoms with Crippen LogP contribution < -0.4 is 0 Å². The van der Waals surface area contributed by atoms with Crippen LogP contribution in [0.3, 0.4) is 0 Å². The van der Waals surface area contributed by atoms with Gasteiger partial charge in [-0.25, -0.2) is 9.97 Å². The molecule has 7 aromatic rings. The average Bonchev–Trinajstić information content (AvgIpc) is 2.97. The van der Waals surface area contributed by atoms with Gasteiger partial charge in [-0.3, -0.25) is 0 Å². The van der Waals surface area contributed by atoms with Crippen molar-refractivity contribution in [3.05, 3.63) is 134 Å². The lowest BCUT2D eigenvalue weighted by atomic mass is 9.87. The predicted molar refractivity (Wildman–Crippen MR) is 151 cm³/mol. The van der Waals surface area contributed by atoms with Gasteiger partial charge in [0.1, 0.15) is 0 Å². The molecule has 0 N–H and O–H groups in total. The Morgan fingerprint density at radius 2 is 0.944 bits per heavy atom. The Hall–Kier alpha value is -4.82. The molecule has 0 spiro atoms. The van der Waals surface area contributed by atoms with Gasteiger partial charge in [-0.2, -0.15) is 0 Å². The Kier molecular flexibility index (Phi) is 4.82. The van der Waals surface area contributed by atoms with E-state index in [2.05, 4.69) is 103 Å². The van der Waals surface area contributed by atoms with E-state index in [1.807, 2.05) is 30.5 Å². The molecular weight excluding hydrogens is 436 g/mol. The monoisotopic (exact) mass is 458 g/mol. The molecule has 7 rings (SSSR count). The molecule has 0 unspecified atom stereocenters. The molecule has 0 atom stereocenters. The van der Waals surface area contributed by atoms with Crippen molar-refractivity contribution in [2.75, 3.05) is 0 Å². The minimum Gasteiger partial charge on any atom is -0.237 e. The maximum absolute atomic E-state index is 5.13. The van der Waals surface area contributed by atoms with Gasteiger partial charge in [-0.15, -0.1) is 0 Å². The maximum atomic E-state index is 5.13. The van der Waals surface area contributed by atoms with Crippen molar-refractivity contribution in [3.63, 3.8) is 0 Å². The summed E-state index contributed by atoms with van der Waals surface area (Å²) in [5.41, 5.74) is 5.35. The minimum atomic E-state index is 0.737. The Labute approximate surface area is 209 Å². The summed E-state index contributed by atoms with van der Waals surface area (Å²) in [6, 6.07) is 44.7. The van der Waals surface area contributed by atoms with E-state index in [0.29, 0.717) is 0 Å². The average molecular weight is 459 g/mol. The van der Waals surface area contributed by atoms with Crippen LogP contribution in [-0.2, 0) is 0 Å². The SMILES string of the molecule is c1ccc(-c2ccnc(-c3c(-c4ccccc4)ccc4c5ccccc5c5ccccc5c34)n2)cc1. The Balaban J connectivity index is 1.66. The van der Waals surface area contributed by atoms with Crippen LogP contribution in [0.2, 0.25) is 0 Å². The van der Waals surface area contributed by atoms with E-state index >= 15 is 0 Å². The van der Waals surface area contributed by atoms with Gasteiger partial charge < -0.3 is 0 Å². The molecule has 0 aliphatic heterocycles. The number of benzene rings is 6. The van der Waals surface area contributed by atoms with Gasteiger partial charge in [0.2, 0.25) is 0 Å². The normalized spacial score (nSPS) is 11.3. The highest BCUT2D eigenvalue weighted by Crippen LogP contribution is 2.43. The number of fused-ring (bicyclic) bond motifs is 6. The van der Waals surface area contributed by atoms with Crippen molar-refractivity contribution in [2.24, 2.45) is 0 Å². The van der Waals surface area contributed by atoms with Gasteiger partial charge in [0.05, 0.1) is 5.69 Å². The summed E-state index contributed by atoms with van der Waals surface area (Å²) in [6.45, 7) is 0. The fraction of sp³-hybridized carbons (Fsp3) is 0. The van der Waals surface area contributed by atoms with Gasteiger partial charge in [-0.1, -0.05) is 121 Å². The Morgan fingerprint density at radius 3 is 1.61 bits per heavy atom. The Bertz CT molecular complexity index is 1840. The summed E-state index contributed by atoms with van der Waals surface area (Å²) in [7, 11) is 0. The summed E-state index contributed by atoms with van der Waals surface area (Å²) in [6.07, 6.45) is 1.88. The van der Waals surface area contributed by atoms with Crippen LogP contribution in [0.15, 0.2) is 134 Å². The van der Waals surface area contributed by atoms with Gasteiger partial charge in [0.25, 0.3) is 0 Å². The van der Waals surface area contributed by atoms with Gasteiger partial charge in [0, 0.05) is 22.7 Å². The first kappa shape index (κ1) is 20.5. The van der Waals surface area contributed by atoms with Crippen molar-refractivity contribution in [1.29, 1.82) is 0 Å². The van der Waals surface area contributed by atoms with Gasteiger partial charge >= 0.3 is 0 Å². The van der Waals surface area contributed by atoms with Crippen LogP contribution in [0.4, 0.5) is 0 Å². The minimum absolute atomic E-state index is 0.737. The van der Waals surface area contributed by atoms with Crippen molar-refractivity contribution in [1.82, 2.24) is 9.97 Å². The highest BCUT2D eigenvalue weighted by Gasteiger charge is 2.19. The largest absolute Gasteiger partial charge is 0.237 e. The molecule has 6 aromatic carbocycles. The first-order valence-corrected chi connectivity index (χ1v) is 12.2. The first-order chi connectivity index (χ1) is 17.9. The highest BCUT2D eigenvalue weighted by atomic mass is 14.9. The lowest BCUT2D eigenvalue weighted by Gasteiger charge is -2.17. The van der Waals surface area contributed by atoms with E-state index in [4.69, 9.17) is 9.97 Å². The molecule has 36 heavy (non-hydrogen) atoms. The zero-order valence-electron chi connectivity index (χ0n) is 19.6. The molecule has 0 radical (unpaired) electrons. The van der Waals surface area contributed by atoms with Crippen LogP contribution in [0.5, 0.6) is 0 Å². The molecule has 2 heteroatoms. The number of hydrogen-bond donors (Lipinski definition) is 0. The summed E-state index contributed by atoms with van der Waals surface area (Å²) in [4.78, 5) is 9.97. The van der Waals surface area contributed by atoms with E-state index in [0.717, 1.165) is 33.8 Å². The second-order valence-electron chi connectivity index (χ2n) is 9.00. The fourth-order valence-corrected chi connectivity index (χ4v) is 5.34. The molecule has 2 nitrogen and oxygen atoms in total. The zero-order chi connectivity index (χ0) is 23.9. The summed E-state index contributed by atoms with van der Waals surface area (Å²) in [5, 5.41) is 7.37. The number of aromatic nitrogens is 2. The first-order valence-electron chi connectivity index (χ1n) is 12.2. The number of rotatable bonds is 3. The molecule has 0 fully saturated rings. The van der Waals surface area contributed by atoms with Crippen molar-refractivity contribution < 1.29 is 0 Å². The summed E-state index contributed by atoms with van der Waals surface area (Å²) >= 11 is 0. The van der Waals surface area contributed by atoms with Gasteiger partial charge in [-0.05, 0) is 44.1 Å². The Morgan fingerprint density at radius 1 is 0.417 bits per heavy atom. The predicted octanol–water partition coefficient (Wildman–Crippen LogP) is 8.94. The molecule has 0 amide bonds. The van der Waals surface area contributed by atoms with E-state index in [1.54, 1.807) is 0 Å². The molecule has 0 aliphatic carbocycles. The molecular formula is C34H22N2. The van der Waals surface area contributed by atoms with E-state index in [1.165, 1.54) is 32.3 Å². The van der Waals surface area contributed by atoms with Crippen LogP contribution in [0, 0.1) is 0 Å². The quantitative estimate of drug-likeness (QED) is 0.247. The third-order valence-corrected chi connectivity index (χ3v) is 6.94. The van der Waals surface area contributed by atoms with E-state index < -0.39 is 0 Å². The van der Waals surface area contributed by atoms with Crippen LogP contribution in [-0.4, -0.2) is 9.97 Å². The summed E-state index contributed by atoms with van der Waals surface area (Å²) < 4.78 is 0. The molecule has 1 heterocycles. The lowest BCUT2D eigenvalue weighted by Crippen LogP contribution is -1.96. The molecule has 0 aliphatic rings. The smallest absolute Gasteiger partial charge is 0.161 e. The maximum Gasteiger partial charge on any atom is 0.161 e. The third kappa shape index (κ3) is 3.27. The fourth-order valence-electron chi connectivity index (χ4n) is 5.34. The van der Waals surface area contributed by atoms with Crippen LogP contribution in [0.25, 0.3) is 66.1 Å². The van der Waals surface area contributed by atoms with Crippen molar-refractivity contribution in [3.8, 4) is 33.8 Å². The zero-order valence-corrected chi connectivity index (χ0v) is 19.6. The molecule has 168 valence electrons.